The second-order valence-electron chi connectivity index (χ2n) is 9.12. The van der Waals surface area contributed by atoms with Crippen LogP contribution >= 0.6 is 0 Å². The fraction of sp³-hybridized carbons (Fsp3) is 0.520. The standard InChI is InChI=1S/C25H32N4O3/c30-20(16-28-13-9-18-3-1-2-4-19(18)15-28)17-29-14-10-23-22(25(29)31)5-6-24(27-23)32-21-7-11-26-12-8-21/h1-6,20-21,26,30H,7-17H2/t20-/m1/s1. The maximum atomic E-state index is 13.0. The van der Waals surface area contributed by atoms with E-state index in [1.54, 1.807) is 4.90 Å². The van der Waals surface area contributed by atoms with E-state index in [0.717, 1.165) is 51.1 Å². The molecule has 32 heavy (non-hydrogen) atoms. The van der Waals surface area contributed by atoms with Gasteiger partial charge in [-0.1, -0.05) is 24.3 Å². The summed E-state index contributed by atoms with van der Waals surface area (Å²) in [6.07, 6.45) is 3.27. The number of ether oxygens (including phenoxy) is 1. The molecule has 2 aromatic rings. The van der Waals surface area contributed by atoms with Crippen molar-refractivity contribution in [2.75, 3.05) is 39.3 Å². The Morgan fingerprint density at radius 2 is 1.88 bits per heavy atom. The molecule has 1 amide bonds. The van der Waals surface area contributed by atoms with Crippen LogP contribution in [0.5, 0.6) is 5.88 Å². The Morgan fingerprint density at radius 1 is 1.06 bits per heavy atom. The highest BCUT2D eigenvalue weighted by atomic mass is 16.5. The maximum absolute atomic E-state index is 13.0. The molecular weight excluding hydrogens is 404 g/mol. The van der Waals surface area contributed by atoms with Gasteiger partial charge in [-0.25, -0.2) is 4.98 Å². The summed E-state index contributed by atoms with van der Waals surface area (Å²) in [5.41, 5.74) is 4.17. The van der Waals surface area contributed by atoms with Crippen LogP contribution in [0.25, 0.3) is 0 Å². The Hall–Kier alpha value is -2.48. The zero-order valence-electron chi connectivity index (χ0n) is 18.5. The van der Waals surface area contributed by atoms with Crippen molar-refractivity contribution in [3.63, 3.8) is 0 Å². The quantitative estimate of drug-likeness (QED) is 0.717. The number of fused-ring (bicyclic) bond motifs is 2. The number of hydrogen-bond acceptors (Lipinski definition) is 6. The van der Waals surface area contributed by atoms with Crippen LogP contribution in [0, 0.1) is 0 Å². The molecule has 2 N–H and O–H groups in total. The summed E-state index contributed by atoms with van der Waals surface area (Å²) in [7, 11) is 0. The van der Waals surface area contributed by atoms with Gasteiger partial charge in [0.05, 0.1) is 17.4 Å². The van der Waals surface area contributed by atoms with Gasteiger partial charge in [0, 0.05) is 45.2 Å². The number of piperidine rings is 1. The molecule has 1 aromatic heterocycles. The topological polar surface area (TPSA) is 77.9 Å². The normalized spacial score (nSPS) is 20.5. The third-order valence-corrected chi connectivity index (χ3v) is 6.77. The second-order valence-corrected chi connectivity index (χ2v) is 9.12. The summed E-state index contributed by atoms with van der Waals surface area (Å²) in [5, 5.41) is 14.1. The maximum Gasteiger partial charge on any atom is 0.255 e. The van der Waals surface area contributed by atoms with Crippen LogP contribution < -0.4 is 10.1 Å². The van der Waals surface area contributed by atoms with Crippen LogP contribution in [-0.4, -0.2) is 77.3 Å². The van der Waals surface area contributed by atoms with Gasteiger partial charge in [-0.2, -0.15) is 0 Å². The van der Waals surface area contributed by atoms with Gasteiger partial charge in [-0.05, 0) is 49.5 Å². The van der Waals surface area contributed by atoms with Crippen LogP contribution in [0.15, 0.2) is 36.4 Å². The summed E-state index contributed by atoms with van der Waals surface area (Å²) in [5.74, 6) is 0.567. The Bertz CT molecular complexity index is 960. The largest absolute Gasteiger partial charge is 0.474 e. The first-order chi connectivity index (χ1) is 15.7. The Labute approximate surface area is 189 Å². The molecule has 1 saturated heterocycles. The predicted octanol–water partition coefficient (Wildman–Crippen LogP) is 1.63. The lowest BCUT2D eigenvalue weighted by atomic mass is 9.99. The molecule has 1 aromatic carbocycles. The van der Waals surface area contributed by atoms with Crippen molar-refractivity contribution in [1.29, 1.82) is 0 Å². The first kappa shape index (κ1) is 21.4. The number of β-amino-alcohol motifs (C(OH)–C–C–N with tert-alkyl or cyclic N) is 1. The third-order valence-electron chi connectivity index (χ3n) is 6.77. The number of carbonyl (C=O) groups excluding carboxylic acids is 1. The third kappa shape index (κ3) is 4.80. The first-order valence-electron chi connectivity index (χ1n) is 11.8. The average molecular weight is 437 g/mol. The molecular formula is C25H32N4O3. The summed E-state index contributed by atoms with van der Waals surface area (Å²) >= 11 is 0. The molecule has 0 bridgehead atoms. The minimum Gasteiger partial charge on any atom is -0.474 e. The van der Waals surface area contributed by atoms with Crippen molar-refractivity contribution in [1.82, 2.24) is 20.1 Å². The van der Waals surface area contributed by atoms with Crippen molar-refractivity contribution in [3.05, 3.63) is 58.8 Å². The summed E-state index contributed by atoms with van der Waals surface area (Å²) in [4.78, 5) is 21.7. The Kier molecular flexibility index (Phi) is 6.39. The van der Waals surface area contributed by atoms with Crippen molar-refractivity contribution in [2.45, 2.75) is 44.4 Å². The molecule has 4 heterocycles. The monoisotopic (exact) mass is 436 g/mol. The van der Waals surface area contributed by atoms with Crippen LogP contribution in [0.1, 0.15) is 40.0 Å². The van der Waals surface area contributed by atoms with Crippen molar-refractivity contribution in [3.8, 4) is 5.88 Å². The van der Waals surface area contributed by atoms with E-state index < -0.39 is 6.10 Å². The molecule has 7 nitrogen and oxygen atoms in total. The number of aromatic nitrogens is 1. The van der Waals surface area contributed by atoms with E-state index >= 15 is 0 Å². The lowest BCUT2D eigenvalue weighted by Gasteiger charge is -2.33. The van der Waals surface area contributed by atoms with Gasteiger partial charge < -0.3 is 20.1 Å². The summed E-state index contributed by atoms with van der Waals surface area (Å²) in [6, 6.07) is 12.1. The van der Waals surface area contributed by atoms with E-state index in [-0.39, 0.29) is 12.0 Å². The van der Waals surface area contributed by atoms with E-state index in [1.165, 1.54) is 11.1 Å². The number of carbonyl (C=O) groups is 1. The molecule has 0 radical (unpaired) electrons. The van der Waals surface area contributed by atoms with Gasteiger partial charge in [-0.15, -0.1) is 0 Å². The van der Waals surface area contributed by atoms with Gasteiger partial charge in [0.1, 0.15) is 6.10 Å². The van der Waals surface area contributed by atoms with E-state index in [4.69, 9.17) is 4.74 Å². The van der Waals surface area contributed by atoms with Gasteiger partial charge in [-0.3, -0.25) is 9.69 Å². The molecule has 0 saturated carbocycles. The average Bonchev–Trinajstić information content (AvgIpc) is 2.81. The predicted molar refractivity (Wildman–Crippen MR) is 122 cm³/mol. The van der Waals surface area contributed by atoms with Gasteiger partial charge in [0.25, 0.3) is 5.91 Å². The highest BCUT2D eigenvalue weighted by molar-refractivity contribution is 5.96. The van der Waals surface area contributed by atoms with Gasteiger partial charge in [0.2, 0.25) is 5.88 Å². The van der Waals surface area contributed by atoms with Crippen LogP contribution in [0.2, 0.25) is 0 Å². The van der Waals surface area contributed by atoms with Crippen molar-refractivity contribution >= 4 is 5.91 Å². The SMILES string of the molecule is O=C1c2ccc(OC3CCNCC3)nc2CCN1C[C@H](O)CN1CCc2ccccc2C1. The highest BCUT2D eigenvalue weighted by Crippen LogP contribution is 2.23. The number of nitrogens with zero attached hydrogens (tertiary/aromatic N) is 3. The zero-order chi connectivity index (χ0) is 21.9. The summed E-state index contributed by atoms with van der Waals surface area (Å²) < 4.78 is 6.04. The molecule has 0 aliphatic carbocycles. The minimum absolute atomic E-state index is 0.0461. The van der Waals surface area contributed by atoms with Gasteiger partial charge in [0.15, 0.2) is 0 Å². The van der Waals surface area contributed by atoms with Gasteiger partial charge >= 0.3 is 0 Å². The number of benzene rings is 1. The Morgan fingerprint density at radius 3 is 2.72 bits per heavy atom. The smallest absolute Gasteiger partial charge is 0.255 e. The molecule has 0 unspecified atom stereocenters. The Balaban J connectivity index is 1.16. The number of hydrogen-bond donors (Lipinski definition) is 2. The molecule has 1 atom stereocenters. The number of aliphatic hydroxyl groups is 1. The molecule has 1 fully saturated rings. The van der Waals surface area contributed by atoms with Crippen molar-refractivity contribution < 1.29 is 14.6 Å². The van der Waals surface area contributed by atoms with E-state index in [9.17, 15) is 9.90 Å². The van der Waals surface area contributed by atoms with Crippen LogP contribution in [0.3, 0.4) is 0 Å². The molecule has 5 rings (SSSR count). The zero-order valence-corrected chi connectivity index (χ0v) is 18.5. The van der Waals surface area contributed by atoms with E-state index in [0.29, 0.717) is 37.5 Å². The summed E-state index contributed by atoms with van der Waals surface area (Å²) in [6.45, 7) is 5.23. The highest BCUT2D eigenvalue weighted by Gasteiger charge is 2.28. The lowest BCUT2D eigenvalue weighted by Crippen LogP contribution is -2.46. The van der Waals surface area contributed by atoms with Crippen LogP contribution in [0.4, 0.5) is 0 Å². The number of nitrogens with one attached hydrogen (secondary N) is 1. The molecule has 170 valence electrons. The molecule has 3 aliphatic rings. The lowest BCUT2D eigenvalue weighted by molar-refractivity contribution is 0.0490. The molecule has 7 heteroatoms. The minimum atomic E-state index is -0.568. The fourth-order valence-corrected chi connectivity index (χ4v) is 5.02. The van der Waals surface area contributed by atoms with E-state index in [1.807, 2.05) is 12.1 Å². The number of pyridine rings is 1. The number of aliphatic hydroxyl groups excluding tert-OH is 1. The molecule has 3 aliphatic heterocycles. The van der Waals surface area contributed by atoms with Crippen molar-refractivity contribution in [2.24, 2.45) is 0 Å². The number of amides is 1. The van der Waals surface area contributed by atoms with Crippen LogP contribution in [-0.2, 0) is 19.4 Å². The fourth-order valence-electron chi connectivity index (χ4n) is 5.02. The first-order valence-corrected chi connectivity index (χ1v) is 11.8. The molecule has 0 spiro atoms. The van der Waals surface area contributed by atoms with E-state index in [2.05, 4.69) is 39.5 Å². The number of rotatable bonds is 6. The second kappa shape index (κ2) is 9.57.